The summed E-state index contributed by atoms with van der Waals surface area (Å²) in [5, 5.41) is 5.57. The molecule has 0 saturated heterocycles. The van der Waals surface area contributed by atoms with Gasteiger partial charge in [0.2, 0.25) is 0 Å². The third-order valence-electron chi connectivity index (χ3n) is 2.77. The summed E-state index contributed by atoms with van der Waals surface area (Å²) in [5.41, 5.74) is 1.04. The van der Waals surface area contributed by atoms with Gasteiger partial charge in [-0.15, -0.1) is 0 Å². The number of benzene rings is 1. The van der Waals surface area contributed by atoms with Crippen molar-refractivity contribution in [2.24, 2.45) is 0 Å². The molecule has 2 amide bonds. The van der Waals surface area contributed by atoms with Gasteiger partial charge in [0.25, 0.3) is 11.8 Å². The van der Waals surface area contributed by atoms with E-state index in [-0.39, 0.29) is 16.6 Å². The lowest BCUT2D eigenvalue weighted by Crippen LogP contribution is -2.23. The van der Waals surface area contributed by atoms with Crippen molar-refractivity contribution in [2.75, 3.05) is 11.9 Å². The van der Waals surface area contributed by atoms with Crippen molar-refractivity contribution in [2.45, 2.75) is 13.8 Å². The van der Waals surface area contributed by atoms with Gasteiger partial charge in [-0.25, -0.2) is 4.98 Å². The topological polar surface area (TPSA) is 84.2 Å². The number of hydrogen-bond donors (Lipinski definition) is 2. The van der Waals surface area contributed by atoms with Crippen LogP contribution in [0.25, 0.3) is 0 Å². The highest BCUT2D eigenvalue weighted by Gasteiger charge is 2.15. The monoisotopic (exact) mass is 307 g/mol. The largest absolute Gasteiger partial charge is 0.448 e. The number of carbonyl (C=O) groups is 2. The summed E-state index contributed by atoms with van der Waals surface area (Å²) in [7, 11) is 0. The van der Waals surface area contributed by atoms with Gasteiger partial charge >= 0.3 is 0 Å². The molecule has 7 heteroatoms. The predicted octanol–water partition coefficient (Wildman–Crippen LogP) is 2.64. The molecular weight excluding hydrogens is 294 g/mol. The van der Waals surface area contributed by atoms with E-state index < -0.39 is 5.91 Å². The van der Waals surface area contributed by atoms with Gasteiger partial charge in [-0.3, -0.25) is 9.59 Å². The van der Waals surface area contributed by atoms with Crippen molar-refractivity contribution in [3.63, 3.8) is 0 Å². The Hall–Kier alpha value is -2.34. The zero-order valence-corrected chi connectivity index (χ0v) is 12.3. The molecular formula is C14H14ClN3O3. The lowest BCUT2D eigenvalue weighted by Gasteiger charge is -2.08. The summed E-state index contributed by atoms with van der Waals surface area (Å²) < 4.78 is 4.97. The standard InChI is InChI=1S/C14H14ClN3O3/c1-3-16-13(19)10-5-4-9(6-11(10)15)18-14(20)12-8(2)21-7-17-12/h4-7H,3H2,1-2H3,(H,16,19)(H,18,20). The third-order valence-corrected chi connectivity index (χ3v) is 3.08. The van der Waals surface area contributed by atoms with Crippen LogP contribution in [0, 0.1) is 6.92 Å². The van der Waals surface area contributed by atoms with E-state index in [1.165, 1.54) is 12.5 Å². The number of halogens is 1. The lowest BCUT2D eigenvalue weighted by molar-refractivity contribution is 0.0955. The van der Waals surface area contributed by atoms with E-state index in [2.05, 4.69) is 15.6 Å². The van der Waals surface area contributed by atoms with Gasteiger partial charge in [0.1, 0.15) is 5.76 Å². The first-order valence-corrected chi connectivity index (χ1v) is 6.70. The van der Waals surface area contributed by atoms with Crippen LogP contribution < -0.4 is 10.6 Å². The molecule has 0 fully saturated rings. The molecule has 0 spiro atoms. The van der Waals surface area contributed by atoms with Gasteiger partial charge in [0.15, 0.2) is 12.1 Å². The minimum atomic E-state index is -0.400. The van der Waals surface area contributed by atoms with Crippen molar-refractivity contribution < 1.29 is 14.0 Å². The van der Waals surface area contributed by atoms with Gasteiger partial charge in [-0.05, 0) is 32.0 Å². The Morgan fingerprint density at radius 2 is 2.10 bits per heavy atom. The first-order valence-electron chi connectivity index (χ1n) is 6.32. The highest BCUT2D eigenvalue weighted by molar-refractivity contribution is 6.34. The number of oxazole rings is 1. The number of hydrogen-bond acceptors (Lipinski definition) is 4. The molecule has 1 heterocycles. The number of rotatable bonds is 4. The minimum Gasteiger partial charge on any atom is -0.448 e. The molecule has 2 rings (SSSR count). The van der Waals surface area contributed by atoms with Crippen molar-refractivity contribution >= 4 is 29.1 Å². The van der Waals surface area contributed by atoms with Gasteiger partial charge in [0.05, 0.1) is 10.6 Å². The molecule has 0 aliphatic carbocycles. The summed E-state index contributed by atoms with van der Waals surface area (Å²) >= 11 is 6.05. The Kier molecular flexibility index (Phi) is 4.59. The maximum atomic E-state index is 12.0. The number of anilines is 1. The average Bonchev–Trinajstić information content (AvgIpc) is 2.85. The van der Waals surface area contributed by atoms with Crippen molar-refractivity contribution in [3.8, 4) is 0 Å². The normalized spacial score (nSPS) is 10.2. The quantitative estimate of drug-likeness (QED) is 0.909. The number of nitrogens with zero attached hydrogens (tertiary/aromatic N) is 1. The smallest absolute Gasteiger partial charge is 0.277 e. The summed E-state index contributed by atoms with van der Waals surface area (Å²) in [6, 6.07) is 4.67. The van der Waals surface area contributed by atoms with Crippen LogP contribution in [0.15, 0.2) is 29.0 Å². The maximum absolute atomic E-state index is 12.0. The molecule has 2 aromatic rings. The molecule has 6 nitrogen and oxygen atoms in total. The molecule has 0 aliphatic heterocycles. The Labute approximate surface area is 126 Å². The Morgan fingerprint density at radius 3 is 2.67 bits per heavy atom. The third kappa shape index (κ3) is 3.41. The fraction of sp³-hybridized carbons (Fsp3) is 0.214. The van der Waals surface area contributed by atoms with Crippen LogP contribution in [0.3, 0.4) is 0 Å². The van der Waals surface area contributed by atoms with Crippen LogP contribution in [0.5, 0.6) is 0 Å². The lowest BCUT2D eigenvalue weighted by atomic mass is 10.2. The summed E-state index contributed by atoms with van der Waals surface area (Å²) in [4.78, 5) is 27.5. The average molecular weight is 308 g/mol. The fourth-order valence-electron chi connectivity index (χ4n) is 1.75. The highest BCUT2D eigenvalue weighted by Crippen LogP contribution is 2.21. The second-order valence-electron chi connectivity index (χ2n) is 4.27. The van der Waals surface area contributed by atoms with E-state index in [1.807, 2.05) is 6.92 Å². The first kappa shape index (κ1) is 15.1. The summed E-state index contributed by atoms with van der Waals surface area (Å²) in [6.45, 7) is 3.98. The number of amides is 2. The van der Waals surface area contributed by atoms with E-state index in [4.69, 9.17) is 16.0 Å². The van der Waals surface area contributed by atoms with Crippen LogP contribution in [0.1, 0.15) is 33.5 Å². The number of aromatic nitrogens is 1. The molecule has 0 saturated carbocycles. The van der Waals surface area contributed by atoms with E-state index in [0.717, 1.165) is 0 Å². The van der Waals surface area contributed by atoms with Gasteiger partial charge < -0.3 is 15.1 Å². The molecule has 0 atom stereocenters. The molecule has 0 bridgehead atoms. The van der Waals surface area contributed by atoms with Crippen LogP contribution in [-0.4, -0.2) is 23.3 Å². The van der Waals surface area contributed by atoms with Crippen molar-refractivity contribution in [3.05, 3.63) is 46.6 Å². The molecule has 0 aliphatic rings. The van der Waals surface area contributed by atoms with Crippen LogP contribution in [-0.2, 0) is 0 Å². The van der Waals surface area contributed by atoms with Crippen LogP contribution in [0.4, 0.5) is 5.69 Å². The number of nitrogens with one attached hydrogen (secondary N) is 2. The van der Waals surface area contributed by atoms with Crippen LogP contribution in [0.2, 0.25) is 5.02 Å². The van der Waals surface area contributed by atoms with Crippen LogP contribution >= 0.6 is 11.6 Å². The summed E-state index contributed by atoms with van der Waals surface area (Å²) in [5.74, 6) is -0.228. The Bertz CT molecular complexity index is 682. The zero-order chi connectivity index (χ0) is 15.4. The molecule has 21 heavy (non-hydrogen) atoms. The number of aryl methyl sites for hydroxylation is 1. The summed E-state index contributed by atoms with van der Waals surface area (Å²) in [6.07, 6.45) is 1.20. The van der Waals surface area contributed by atoms with Crippen molar-refractivity contribution in [1.82, 2.24) is 10.3 Å². The fourth-order valence-corrected chi connectivity index (χ4v) is 2.01. The van der Waals surface area contributed by atoms with Crippen molar-refractivity contribution in [1.29, 1.82) is 0 Å². The Balaban J connectivity index is 2.16. The van der Waals surface area contributed by atoms with E-state index in [0.29, 0.717) is 23.6 Å². The molecule has 0 unspecified atom stereocenters. The molecule has 1 aromatic carbocycles. The predicted molar refractivity (Wildman–Crippen MR) is 78.7 cm³/mol. The van der Waals surface area contributed by atoms with E-state index >= 15 is 0 Å². The highest BCUT2D eigenvalue weighted by atomic mass is 35.5. The zero-order valence-electron chi connectivity index (χ0n) is 11.6. The molecule has 0 radical (unpaired) electrons. The van der Waals surface area contributed by atoms with Gasteiger partial charge in [0, 0.05) is 12.2 Å². The maximum Gasteiger partial charge on any atom is 0.277 e. The van der Waals surface area contributed by atoms with Gasteiger partial charge in [-0.1, -0.05) is 11.6 Å². The van der Waals surface area contributed by atoms with E-state index in [1.54, 1.807) is 19.1 Å². The minimum absolute atomic E-state index is 0.207. The Morgan fingerprint density at radius 1 is 1.33 bits per heavy atom. The van der Waals surface area contributed by atoms with Gasteiger partial charge in [-0.2, -0.15) is 0 Å². The molecule has 2 N–H and O–H groups in total. The number of carbonyl (C=O) groups excluding carboxylic acids is 2. The first-order chi connectivity index (χ1) is 10.0. The second kappa shape index (κ2) is 6.41. The van der Waals surface area contributed by atoms with E-state index in [9.17, 15) is 9.59 Å². The molecule has 1 aromatic heterocycles. The molecule has 110 valence electrons. The second-order valence-corrected chi connectivity index (χ2v) is 4.67. The SMILES string of the molecule is CCNC(=O)c1ccc(NC(=O)c2ncoc2C)cc1Cl.